The first-order valence-electron chi connectivity index (χ1n) is 6.28. The van der Waals surface area contributed by atoms with E-state index < -0.39 is 0 Å². The van der Waals surface area contributed by atoms with Gasteiger partial charge in [-0.1, -0.05) is 24.3 Å². The van der Waals surface area contributed by atoms with Gasteiger partial charge in [0, 0.05) is 0 Å². The number of benzene rings is 2. The van der Waals surface area contributed by atoms with Gasteiger partial charge in [0.05, 0.1) is 10.0 Å². The quantitative estimate of drug-likeness (QED) is 0.589. The van der Waals surface area contributed by atoms with E-state index in [4.69, 9.17) is 9.47 Å². The maximum absolute atomic E-state index is 11.4. The van der Waals surface area contributed by atoms with Crippen LogP contribution in [0.1, 0.15) is 17.3 Å². The third-order valence-electron chi connectivity index (χ3n) is 2.70. The minimum atomic E-state index is -0.00711. The Labute approximate surface area is 126 Å². The lowest BCUT2D eigenvalue weighted by Gasteiger charge is -2.11. The van der Waals surface area contributed by atoms with Gasteiger partial charge in [0.25, 0.3) is 0 Å². The molecule has 0 bridgehead atoms. The molecule has 0 N–H and O–H groups in total. The molecule has 0 radical (unpaired) electrons. The average molecular weight is 335 g/mol. The fourth-order valence-corrected chi connectivity index (χ4v) is 2.15. The summed E-state index contributed by atoms with van der Waals surface area (Å²) in [6, 6.07) is 14.8. The molecule has 0 saturated heterocycles. The molecule has 0 amide bonds. The first-order valence-corrected chi connectivity index (χ1v) is 7.08. The Balaban J connectivity index is 1.88. The van der Waals surface area contributed by atoms with Crippen LogP contribution in [-0.4, -0.2) is 19.0 Å². The van der Waals surface area contributed by atoms with Crippen molar-refractivity contribution < 1.29 is 14.3 Å². The van der Waals surface area contributed by atoms with Gasteiger partial charge in [-0.05, 0) is 47.1 Å². The summed E-state index contributed by atoms with van der Waals surface area (Å²) in [5, 5.41) is 0. The molecule has 0 atom stereocenters. The van der Waals surface area contributed by atoms with Crippen LogP contribution in [0.2, 0.25) is 0 Å². The molecule has 0 heterocycles. The van der Waals surface area contributed by atoms with Gasteiger partial charge in [0.15, 0.2) is 5.78 Å². The number of carbonyl (C=O) groups excluding carboxylic acids is 1. The summed E-state index contributed by atoms with van der Waals surface area (Å²) < 4.78 is 12.1. The van der Waals surface area contributed by atoms with Crippen LogP contribution < -0.4 is 9.47 Å². The van der Waals surface area contributed by atoms with Crippen molar-refractivity contribution in [2.45, 2.75) is 6.92 Å². The number of hydrogen-bond acceptors (Lipinski definition) is 3. The molecule has 0 aliphatic heterocycles. The first-order chi connectivity index (χ1) is 9.68. The minimum absolute atomic E-state index is 0.00711. The van der Waals surface area contributed by atoms with Crippen LogP contribution in [0.15, 0.2) is 53.0 Å². The lowest BCUT2D eigenvalue weighted by molar-refractivity contribution is 0.101. The lowest BCUT2D eigenvalue weighted by Crippen LogP contribution is -2.11. The summed E-state index contributed by atoms with van der Waals surface area (Å²) in [4.78, 5) is 11.4. The number of para-hydroxylation sites is 2. The third-order valence-corrected chi connectivity index (χ3v) is 3.36. The van der Waals surface area contributed by atoms with Crippen molar-refractivity contribution in [3.8, 4) is 11.5 Å². The lowest BCUT2D eigenvalue weighted by atomic mass is 10.1. The molecule has 4 heteroatoms. The standard InChI is InChI=1S/C16H15BrO3/c1-12(18)13-6-2-4-8-15(13)19-10-11-20-16-9-5-3-7-14(16)17/h2-9H,10-11H2,1H3. The molecule has 20 heavy (non-hydrogen) atoms. The first kappa shape index (κ1) is 14.6. The number of ketones is 1. The Bertz CT molecular complexity index is 596. The number of Topliss-reactive ketones (excluding diaryl/α,β-unsaturated/α-hetero) is 1. The van der Waals surface area contributed by atoms with Crippen LogP contribution in [0, 0.1) is 0 Å². The van der Waals surface area contributed by atoms with Crippen molar-refractivity contribution in [3.63, 3.8) is 0 Å². The summed E-state index contributed by atoms with van der Waals surface area (Å²) in [5.41, 5.74) is 0.591. The smallest absolute Gasteiger partial charge is 0.163 e. The fraction of sp³-hybridized carbons (Fsp3) is 0.188. The van der Waals surface area contributed by atoms with Crippen LogP contribution in [0.5, 0.6) is 11.5 Å². The summed E-state index contributed by atoms with van der Waals surface area (Å²) in [6.07, 6.45) is 0. The van der Waals surface area contributed by atoms with E-state index in [2.05, 4.69) is 15.9 Å². The second-order valence-electron chi connectivity index (χ2n) is 4.18. The van der Waals surface area contributed by atoms with E-state index >= 15 is 0 Å². The van der Waals surface area contributed by atoms with Crippen molar-refractivity contribution >= 4 is 21.7 Å². The van der Waals surface area contributed by atoms with E-state index in [1.165, 1.54) is 6.92 Å². The van der Waals surface area contributed by atoms with E-state index in [0.29, 0.717) is 24.5 Å². The Morgan fingerprint density at radius 3 is 2.15 bits per heavy atom. The predicted molar refractivity (Wildman–Crippen MR) is 81.6 cm³/mol. The van der Waals surface area contributed by atoms with Gasteiger partial charge in [-0.15, -0.1) is 0 Å². The van der Waals surface area contributed by atoms with Gasteiger partial charge in [-0.2, -0.15) is 0 Å². The van der Waals surface area contributed by atoms with E-state index in [1.807, 2.05) is 36.4 Å². The van der Waals surface area contributed by atoms with Gasteiger partial charge in [0.2, 0.25) is 0 Å². The highest BCUT2D eigenvalue weighted by Gasteiger charge is 2.07. The summed E-state index contributed by atoms with van der Waals surface area (Å²) in [6.45, 7) is 2.32. The Morgan fingerprint density at radius 1 is 0.950 bits per heavy atom. The number of ether oxygens (including phenoxy) is 2. The second-order valence-corrected chi connectivity index (χ2v) is 5.03. The molecule has 2 aromatic rings. The molecule has 0 aromatic heterocycles. The minimum Gasteiger partial charge on any atom is -0.489 e. The highest BCUT2D eigenvalue weighted by molar-refractivity contribution is 9.10. The van der Waals surface area contributed by atoms with E-state index in [1.54, 1.807) is 12.1 Å². The maximum Gasteiger partial charge on any atom is 0.163 e. The molecule has 0 aliphatic carbocycles. The molecule has 104 valence electrons. The zero-order valence-corrected chi connectivity index (χ0v) is 12.7. The predicted octanol–water partition coefficient (Wildman–Crippen LogP) is 4.11. The van der Waals surface area contributed by atoms with E-state index in [-0.39, 0.29) is 5.78 Å². The molecule has 0 spiro atoms. The summed E-state index contributed by atoms with van der Waals surface area (Å²) in [5.74, 6) is 1.36. The maximum atomic E-state index is 11.4. The normalized spacial score (nSPS) is 10.1. The van der Waals surface area contributed by atoms with Crippen molar-refractivity contribution in [2.75, 3.05) is 13.2 Å². The summed E-state index contributed by atoms with van der Waals surface area (Å²) >= 11 is 3.41. The van der Waals surface area contributed by atoms with Crippen molar-refractivity contribution in [3.05, 3.63) is 58.6 Å². The number of halogens is 1. The highest BCUT2D eigenvalue weighted by atomic mass is 79.9. The Kier molecular flexibility index (Phi) is 5.18. The molecular weight excluding hydrogens is 320 g/mol. The van der Waals surface area contributed by atoms with Gasteiger partial charge < -0.3 is 9.47 Å². The molecule has 3 nitrogen and oxygen atoms in total. The zero-order valence-electron chi connectivity index (χ0n) is 11.1. The summed E-state index contributed by atoms with van der Waals surface area (Å²) in [7, 11) is 0. The number of hydrogen-bond donors (Lipinski definition) is 0. The number of carbonyl (C=O) groups is 1. The molecule has 2 aromatic carbocycles. The van der Waals surface area contributed by atoms with Gasteiger partial charge in [-0.25, -0.2) is 0 Å². The highest BCUT2D eigenvalue weighted by Crippen LogP contribution is 2.24. The van der Waals surface area contributed by atoms with Crippen molar-refractivity contribution in [1.29, 1.82) is 0 Å². The molecular formula is C16H15BrO3. The Hall–Kier alpha value is -1.81. The molecule has 0 aliphatic rings. The molecule has 2 rings (SSSR count). The van der Waals surface area contributed by atoms with Crippen LogP contribution in [-0.2, 0) is 0 Å². The average Bonchev–Trinajstić information content (AvgIpc) is 2.45. The van der Waals surface area contributed by atoms with Crippen LogP contribution >= 0.6 is 15.9 Å². The monoisotopic (exact) mass is 334 g/mol. The van der Waals surface area contributed by atoms with Crippen LogP contribution in [0.25, 0.3) is 0 Å². The van der Waals surface area contributed by atoms with Gasteiger partial charge >= 0.3 is 0 Å². The third kappa shape index (κ3) is 3.84. The number of rotatable bonds is 6. The van der Waals surface area contributed by atoms with E-state index in [9.17, 15) is 4.79 Å². The molecule has 0 unspecified atom stereocenters. The SMILES string of the molecule is CC(=O)c1ccccc1OCCOc1ccccc1Br. The van der Waals surface area contributed by atoms with E-state index in [0.717, 1.165) is 10.2 Å². The fourth-order valence-electron chi connectivity index (χ4n) is 1.75. The Morgan fingerprint density at radius 2 is 1.50 bits per heavy atom. The van der Waals surface area contributed by atoms with Crippen LogP contribution in [0.4, 0.5) is 0 Å². The van der Waals surface area contributed by atoms with Gasteiger partial charge in [0.1, 0.15) is 24.7 Å². The second kappa shape index (κ2) is 7.10. The van der Waals surface area contributed by atoms with Crippen molar-refractivity contribution in [1.82, 2.24) is 0 Å². The topological polar surface area (TPSA) is 35.5 Å². The largest absolute Gasteiger partial charge is 0.489 e. The zero-order chi connectivity index (χ0) is 14.4. The molecule has 0 saturated carbocycles. The molecule has 0 fully saturated rings. The van der Waals surface area contributed by atoms with Crippen LogP contribution in [0.3, 0.4) is 0 Å². The van der Waals surface area contributed by atoms with Crippen molar-refractivity contribution in [2.24, 2.45) is 0 Å². The van der Waals surface area contributed by atoms with Gasteiger partial charge in [-0.3, -0.25) is 4.79 Å².